The second-order valence-corrected chi connectivity index (χ2v) is 8.33. The highest BCUT2D eigenvalue weighted by atomic mass is 32.2. The maximum Gasteiger partial charge on any atom is 0.261 e. The van der Waals surface area contributed by atoms with Gasteiger partial charge in [0.1, 0.15) is 5.75 Å². The van der Waals surface area contributed by atoms with Crippen LogP contribution in [0.3, 0.4) is 0 Å². The van der Waals surface area contributed by atoms with Crippen LogP contribution in [0.4, 0.5) is 0 Å². The summed E-state index contributed by atoms with van der Waals surface area (Å²) in [4.78, 5) is 12.7. The fourth-order valence-electron chi connectivity index (χ4n) is 2.97. The fourth-order valence-corrected chi connectivity index (χ4v) is 3.73. The van der Waals surface area contributed by atoms with Gasteiger partial charge in [-0.15, -0.1) is 0 Å². The number of ether oxygens (including phenoxy) is 1. The lowest BCUT2D eigenvalue weighted by atomic mass is 9.95. The molecule has 5 heteroatoms. The van der Waals surface area contributed by atoms with Crippen LogP contribution in [0.2, 0.25) is 0 Å². The Morgan fingerprint density at radius 1 is 1.28 bits per heavy atom. The molecule has 1 aliphatic carbocycles. The molecule has 2 aromatic carbocycles. The minimum absolute atomic E-state index is 0.0765. The van der Waals surface area contributed by atoms with Crippen molar-refractivity contribution >= 4 is 17.9 Å². The van der Waals surface area contributed by atoms with Crippen molar-refractivity contribution < 1.29 is 14.6 Å². The molecule has 0 spiro atoms. The molecule has 25 heavy (non-hydrogen) atoms. The van der Waals surface area contributed by atoms with Gasteiger partial charge in [0.05, 0.1) is 12.7 Å². The van der Waals surface area contributed by atoms with E-state index < -0.39 is 6.10 Å². The summed E-state index contributed by atoms with van der Waals surface area (Å²) in [5, 5.41) is 10.1. The van der Waals surface area contributed by atoms with Crippen LogP contribution < -0.4 is 9.46 Å². The molecule has 0 unspecified atom stereocenters. The highest BCUT2D eigenvalue weighted by Crippen LogP contribution is 2.46. The number of nitrogens with one attached hydrogen (secondary N) is 1. The SMILES string of the molecule is CC1(SNC(=O)c2ccccc2-c2ccc3c(c2)OCC[C@@H]3O)CC1. The van der Waals surface area contributed by atoms with Gasteiger partial charge >= 0.3 is 0 Å². The van der Waals surface area contributed by atoms with Crippen LogP contribution in [0, 0.1) is 0 Å². The van der Waals surface area contributed by atoms with Crippen molar-refractivity contribution in [1.29, 1.82) is 0 Å². The van der Waals surface area contributed by atoms with E-state index >= 15 is 0 Å². The Balaban J connectivity index is 1.63. The number of benzene rings is 2. The zero-order chi connectivity index (χ0) is 17.4. The predicted molar refractivity (Wildman–Crippen MR) is 99.6 cm³/mol. The zero-order valence-corrected chi connectivity index (χ0v) is 14.9. The predicted octanol–water partition coefficient (Wildman–Crippen LogP) is 4.10. The maximum absolute atomic E-state index is 12.7. The Morgan fingerprint density at radius 2 is 2.08 bits per heavy atom. The van der Waals surface area contributed by atoms with Gasteiger partial charge in [0.2, 0.25) is 0 Å². The van der Waals surface area contributed by atoms with Gasteiger partial charge in [-0.1, -0.05) is 30.3 Å². The molecule has 1 saturated carbocycles. The van der Waals surface area contributed by atoms with Crippen molar-refractivity contribution in [3.8, 4) is 16.9 Å². The number of fused-ring (bicyclic) bond motifs is 1. The third-order valence-corrected chi connectivity index (χ3v) is 6.04. The minimum Gasteiger partial charge on any atom is -0.493 e. The lowest BCUT2D eigenvalue weighted by molar-refractivity contribution is 0.0984. The molecule has 2 N–H and O–H groups in total. The van der Waals surface area contributed by atoms with Crippen LogP contribution >= 0.6 is 11.9 Å². The average molecular weight is 355 g/mol. The van der Waals surface area contributed by atoms with Crippen LogP contribution in [-0.2, 0) is 0 Å². The largest absolute Gasteiger partial charge is 0.493 e. The number of hydrogen-bond donors (Lipinski definition) is 2. The van der Waals surface area contributed by atoms with Crippen molar-refractivity contribution in [2.24, 2.45) is 0 Å². The normalized spacial score (nSPS) is 20.3. The van der Waals surface area contributed by atoms with Crippen molar-refractivity contribution in [3.05, 3.63) is 53.6 Å². The summed E-state index contributed by atoms with van der Waals surface area (Å²) < 4.78 is 8.87. The molecule has 0 radical (unpaired) electrons. The highest BCUT2D eigenvalue weighted by Gasteiger charge is 2.39. The molecule has 1 aliphatic heterocycles. The second-order valence-electron chi connectivity index (χ2n) is 6.93. The molecule has 4 rings (SSSR count). The number of hydrogen-bond acceptors (Lipinski definition) is 4. The van der Waals surface area contributed by atoms with Crippen molar-refractivity contribution in [1.82, 2.24) is 4.72 Å². The average Bonchev–Trinajstić information content (AvgIpc) is 3.37. The van der Waals surface area contributed by atoms with Crippen molar-refractivity contribution in [3.63, 3.8) is 0 Å². The molecule has 1 heterocycles. The summed E-state index contributed by atoms with van der Waals surface area (Å²) in [5.41, 5.74) is 3.25. The molecule has 0 bridgehead atoms. The first-order valence-electron chi connectivity index (χ1n) is 8.58. The first-order chi connectivity index (χ1) is 12.1. The molecular formula is C20H21NO3S. The van der Waals surface area contributed by atoms with Gasteiger partial charge in [-0.3, -0.25) is 9.52 Å². The molecule has 1 amide bonds. The Bertz CT molecular complexity index is 816. The van der Waals surface area contributed by atoms with Crippen LogP contribution in [0.5, 0.6) is 5.75 Å². The third kappa shape index (κ3) is 3.39. The number of amides is 1. The molecule has 2 aromatic rings. The van der Waals surface area contributed by atoms with Gasteiger partial charge in [0.25, 0.3) is 5.91 Å². The molecule has 0 aromatic heterocycles. The monoisotopic (exact) mass is 355 g/mol. The van der Waals surface area contributed by atoms with E-state index in [2.05, 4.69) is 11.6 Å². The number of aliphatic hydroxyl groups is 1. The summed E-state index contributed by atoms with van der Waals surface area (Å²) in [6.07, 6.45) is 2.42. The number of carbonyl (C=O) groups is 1. The standard InChI is InChI=1S/C20H21NO3S/c1-20(9-10-20)25-21-19(23)15-5-3-2-4-14(15)13-6-7-16-17(22)8-11-24-18(16)12-13/h2-7,12,17,22H,8-11H2,1H3,(H,21,23)/t17-/m0/s1. The summed E-state index contributed by atoms with van der Waals surface area (Å²) in [6, 6.07) is 13.3. The summed E-state index contributed by atoms with van der Waals surface area (Å²) in [5.74, 6) is 0.624. The quantitative estimate of drug-likeness (QED) is 0.811. The van der Waals surface area contributed by atoms with Gasteiger partial charge in [-0.05, 0) is 55.0 Å². The number of rotatable bonds is 4. The number of aliphatic hydroxyl groups excluding tert-OH is 1. The minimum atomic E-state index is -0.480. The van der Waals surface area contributed by atoms with Gasteiger partial charge in [0, 0.05) is 22.3 Å². The summed E-state index contributed by atoms with van der Waals surface area (Å²) in [7, 11) is 0. The summed E-state index contributed by atoms with van der Waals surface area (Å²) in [6.45, 7) is 2.67. The smallest absolute Gasteiger partial charge is 0.261 e. The molecule has 130 valence electrons. The first kappa shape index (κ1) is 16.5. The van der Waals surface area contributed by atoms with E-state index in [-0.39, 0.29) is 10.7 Å². The highest BCUT2D eigenvalue weighted by molar-refractivity contribution is 7.99. The lowest BCUT2D eigenvalue weighted by Crippen LogP contribution is -2.20. The topological polar surface area (TPSA) is 58.6 Å². The van der Waals surface area contributed by atoms with Crippen LogP contribution in [0.25, 0.3) is 11.1 Å². The molecule has 1 atom stereocenters. The van der Waals surface area contributed by atoms with Gasteiger partial charge in [0.15, 0.2) is 0 Å². The van der Waals surface area contributed by atoms with Crippen LogP contribution in [0.1, 0.15) is 48.2 Å². The van der Waals surface area contributed by atoms with E-state index in [1.807, 2.05) is 42.5 Å². The summed E-state index contributed by atoms with van der Waals surface area (Å²) >= 11 is 1.52. The van der Waals surface area contributed by atoms with Crippen molar-refractivity contribution in [2.75, 3.05) is 6.61 Å². The second kappa shape index (κ2) is 6.39. The van der Waals surface area contributed by atoms with E-state index in [0.717, 1.165) is 29.5 Å². The van der Waals surface area contributed by atoms with Crippen LogP contribution in [0.15, 0.2) is 42.5 Å². The van der Waals surface area contributed by atoms with E-state index in [4.69, 9.17) is 4.74 Å². The molecular weight excluding hydrogens is 334 g/mol. The Morgan fingerprint density at radius 3 is 2.88 bits per heavy atom. The molecule has 4 nitrogen and oxygen atoms in total. The van der Waals surface area contributed by atoms with Gasteiger partial charge in [-0.25, -0.2) is 0 Å². The van der Waals surface area contributed by atoms with E-state index in [0.29, 0.717) is 24.3 Å². The van der Waals surface area contributed by atoms with E-state index in [9.17, 15) is 9.90 Å². The Kier molecular flexibility index (Phi) is 4.21. The Labute approximate surface area is 151 Å². The van der Waals surface area contributed by atoms with Crippen LogP contribution in [-0.4, -0.2) is 22.4 Å². The lowest BCUT2D eigenvalue weighted by Gasteiger charge is -2.23. The molecule has 2 aliphatic rings. The molecule has 1 fully saturated rings. The van der Waals surface area contributed by atoms with Crippen molar-refractivity contribution in [2.45, 2.75) is 37.0 Å². The van der Waals surface area contributed by atoms with E-state index in [1.54, 1.807) is 0 Å². The maximum atomic E-state index is 12.7. The first-order valence-corrected chi connectivity index (χ1v) is 9.40. The zero-order valence-electron chi connectivity index (χ0n) is 14.1. The third-order valence-electron chi connectivity index (χ3n) is 4.85. The number of carbonyl (C=O) groups excluding carboxylic acids is 1. The Hall–Kier alpha value is -1.98. The van der Waals surface area contributed by atoms with Gasteiger partial charge in [-0.2, -0.15) is 0 Å². The molecule has 0 saturated heterocycles. The fraction of sp³-hybridized carbons (Fsp3) is 0.350. The van der Waals surface area contributed by atoms with E-state index in [1.165, 1.54) is 11.9 Å². The van der Waals surface area contributed by atoms with Gasteiger partial charge < -0.3 is 9.84 Å².